The molecule has 0 radical (unpaired) electrons. The van der Waals surface area contributed by atoms with Crippen LogP contribution in [0.3, 0.4) is 0 Å². The van der Waals surface area contributed by atoms with Crippen molar-refractivity contribution >= 4 is 39.5 Å². The number of nitrogens with zero attached hydrogens (tertiary/aromatic N) is 1. The van der Waals surface area contributed by atoms with Gasteiger partial charge in [0.2, 0.25) is 5.91 Å². The van der Waals surface area contributed by atoms with Crippen LogP contribution in [0.25, 0.3) is 21.8 Å². The van der Waals surface area contributed by atoms with Crippen molar-refractivity contribution < 1.29 is 14.4 Å². The number of hydrogen-bond donors (Lipinski definition) is 4. The van der Waals surface area contributed by atoms with Gasteiger partial charge in [-0.25, -0.2) is 0 Å². The molecule has 1 saturated carbocycles. The van der Waals surface area contributed by atoms with Crippen LogP contribution < -0.4 is 10.6 Å². The summed E-state index contributed by atoms with van der Waals surface area (Å²) in [7, 11) is 0. The number of para-hydroxylation sites is 2. The van der Waals surface area contributed by atoms with Gasteiger partial charge in [0.1, 0.15) is 11.7 Å². The molecule has 0 bridgehead atoms. The molecule has 4 aromatic rings. The number of carbonyl (C=O) groups excluding carboxylic acids is 3. The summed E-state index contributed by atoms with van der Waals surface area (Å²) in [4.78, 5) is 47.3. The molecule has 1 saturated heterocycles. The van der Waals surface area contributed by atoms with Crippen LogP contribution in [0.5, 0.6) is 0 Å². The highest BCUT2D eigenvalue weighted by molar-refractivity contribution is 6.07. The number of nitrogens with one attached hydrogen (secondary N) is 4. The minimum atomic E-state index is -0.714. The van der Waals surface area contributed by atoms with E-state index in [1.54, 1.807) is 19.2 Å². The lowest BCUT2D eigenvalue weighted by atomic mass is 10.1. The van der Waals surface area contributed by atoms with Gasteiger partial charge in [0, 0.05) is 41.1 Å². The maximum atomic E-state index is 13.5. The zero-order chi connectivity index (χ0) is 25.0. The highest BCUT2D eigenvalue weighted by Gasteiger charge is 2.62. The summed E-state index contributed by atoms with van der Waals surface area (Å²) >= 11 is 0. The molecule has 36 heavy (non-hydrogen) atoms. The van der Waals surface area contributed by atoms with Gasteiger partial charge in [0.25, 0.3) is 11.8 Å². The molecule has 2 unspecified atom stereocenters. The van der Waals surface area contributed by atoms with Crippen molar-refractivity contribution in [3.63, 3.8) is 0 Å². The van der Waals surface area contributed by atoms with Crippen LogP contribution in [0.4, 0.5) is 0 Å². The topological polar surface area (TPSA) is 110 Å². The van der Waals surface area contributed by atoms with Crippen molar-refractivity contribution in [3.8, 4) is 0 Å². The van der Waals surface area contributed by atoms with Gasteiger partial charge in [-0.1, -0.05) is 43.3 Å². The number of piperidine rings is 1. The summed E-state index contributed by atoms with van der Waals surface area (Å²) in [5.74, 6) is -0.252. The average Bonchev–Trinajstić information content (AvgIpc) is 3.24. The Labute approximate surface area is 208 Å². The van der Waals surface area contributed by atoms with E-state index in [1.165, 1.54) is 0 Å². The van der Waals surface area contributed by atoms with E-state index in [-0.39, 0.29) is 29.2 Å². The lowest BCUT2D eigenvalue weighted by molar-refractivity contribution is -0.122. The Morgan fingerprint density at radius 3 is 2.67 bits per heavy atom. The molecule has 3 heterocycles. The van der Waals surface area contributed by atoms with Gasteiger partial charge < -0.3 is 25.5 Å². The van der Waals surface area contributed by atoms with Crippen molar-refractivity contribution in [3.05, 3.63) is 72.1 Å². The number of rotatable bonds is 6. The number of carbonyl (C=O) groups is 3. The predicted molar refractivity (Wildman–Crippen MR) is 138 cm³/mol. The van der Waals surface area contributed by atoms with Crippen molar-refractivity contribution in [1.82, 2.24) is 25.5 Å². The zero-order valence-corrected chi connectivity index (χ0v) is 20.3. The van der Waals surface area contributed by atoms with Crippen LogP contribution in [0.2, 0.25) is 0 Å². The number of aromatic amines is 2. The minimum Gasteiger partial charge on any atom is -0.360 e. The standard InChI is InChI=1S/C28H29N5O3/c1-16(31-26(35)23-11-17-7-3-5-9-21(17)32-23)25(34)30-14-24-20-12-28(20,2)15-33(24)27(36)19-13-29-22-10-6-4-8-18(19)22/h3-11,13,16,20,24,29,32H,12,14-15H2,1-2H3,(H,30,34)(H,31,35)/t16-,20?,24?,28-/m0/s1. The maximum absolute atomic E-state index is 13.5. The van der Waals surface area contributed by atoms with E-state index in [0.717, 1.165) is 28.2 Å². The SMILES string of the molecule is C[C@H](NC(=O)c1cc2ccccc2[nH]1)C(=O)NCC1C2C[C@@]2(C)CN1C(=O)c1c[nH]c2ccccc12. The van der Waals surface area contributed by atoms with Crippen molar-refractivity contribution in [1.29, 1.82) is 0 Å². The summed E-state index contributed by atoms with van der Waals surface area (Å²) in [5, 5.41) is 7.60. The van der Waals surface area contributed by atoms with Gasteiger partial charge in [-0.3, -0.25) is 14.4 Å². The predicted octanol–water partition coefficient (Wildman–Crippen LogP) is 3.43. The molecule has 1 aliphatic carbocycles. The second-order valence-corrected chi connectivity index (χ2v) is 10.4. The fourth-order valence-corrected chi connectivity index (χ4v) is 5.72. The highest BCUT2D eigenvalue weighted by atomic mass is 16.2. The van der Waals surface area contributed by atoms with Crippen molar-refractivity contribution in [2.75, 3.05) is 13.1 Å². The van der Waals surface area contributed by atoms with Crippen molar-refractivity contribution in [2.24, 2.45) is 11.3 Å². The molecule has 0 spiro atoms. The third-order valence-electron chi connectivity index (χ3n) is 7.90. The van der Waals surface area contributed by atoms with E-state index in [9.17, 15) is 14.4 Å². The van der Waals surface area contributed by atoms with E-state index < -0.39 is 6.04 Å². The molecule has 184 valence electrons. The van der Waals surface area contributed by atoms with Crippen LogP contribution in [0, 0.1) is 11.3 Å². The monoisotopic (exact) mass is 483 g/mol. The lowest BCUT2D eigenvalue weighted by Gasteiger charge is -2.28. The van der Waals surface area contributed by atoms with E-state index >= 15 is 0 Å². The van der Waals surface area contributed by atoms with Crippen LogP contribution in [0.1, 0.15) is 41.1 Å². The summed E-state index contributed by atoms with van der Waals surface area (Å²) in [5.41, 5.74) is 2.98. The Balaban J connectivity index is 1.11. The summed E-state index contributed by atoms with van der Waals surface area (Å²) in [6.07, 6.45) is 2.83. The first kappa shape index (κ1) is 22.4. The number of hydrogen-bond acceptors (Lipinski definition) is 3. The number of likely N-dealkylation sites (tertiary alicyclic amines) is 1. The molecule has 4 atom stereocenters. The van der Waals surface area contributed by atoms with E-state index in [1.807, 2.05) is 53.4 Å². The fraction of sp³-hybridized carbons (Fsp3) is 0.321. The van der Waals surface area contributed by atoms with Crippen molar-refractivity contribution in [2.45, 2.75) is 32.4 Å². The molecule has 3 amide bonds. The van der Waals surface area contributed by atoms with E-state index in [2.05, 4.69) is 27.5 Å². The molecular weight excluding hydrogens is 454 g/mol. The normalized spacial score (nSPS) is 23.4. The summed E-state index contributed by atoms with van der Waals surface area (Å²) < 4.78 is 0. The number of H-pyrrole nitrogens is 2. The van der Waals surface area contributed by atoms with Crippen LogP contribution in [0.15, 0.2) is 60.8 Å². The van der Waals surface area contributed by atoms with Gasteiger partial charge in [-0.05, 0) is 42.9 Å². The number of aromatic nitrogens is 2. The molecule has 2 fully saturated rings. The van der Waals surface area contributed by atoms with Crippen LogP contribution in [-0.4, -0.2) is 57.8 Å². The van der Waals surface area contributed by atoms with Gasteiger partial charge >= 0.3 is 0 Å². The van der Waals surface area contributed by atoms with Gasteiger partial charge in [-0.15, -0.1) is 0 Å². The van der Waals surface area contributed by atoms with Crippen LogP contribution >= 0.6 is 0 Å². The number of benzene rings is 2. The highest BCUT2D eigenvalue weighted by Crippen LogP contribution is 2.60. The summed E-state index contributed by atoms with van der Waals surface area (Å²) in [6, 6.07) is 16.4. The minimum absolute atomic E-state index is 0.0136. The Bertz CT molecular complexity index is 1470. The second kappa shape index (κ2) is 8.26. The van der Waals surface area contributed by atoms with Gasteiger partial charge in [0.15, 0.2) is 0 Å². The zero-order valence-electron chi connectivity index (χ0n) is 20.3. The molecule has 2 aromatic carbocycles. The first-order chi connectivity index (χ1) is 17.3. The second-order valence-electron chi connectivity index (χ2n) is 10.4. The van der Waals surface area contributed by atoms with E-state index in [4.69, 9.17) is 0 Å². The van der Waals surface area contributed by atoms with Gasteiger partial charge in [0.05, 0.1) is 11.6 Å². The largest absolute Gasteiger partial charge is 0.360 e. The molecule has 2 aromatic heterocycles. The Hall–Kier alpha value is -4.07. The third-order valence-corrected chi connectivity index (χ3v) is 7.90. The van der Waals surface area contributed by atoms with E-state index in [0.29, 0.717) is 30.3 Å². The Morgan fingerprint density at radius 2 is 1.86 bits per heavy atom. The molecule has 8 heteroatoms. The third kappa shape index (κ3) is 3.73. The quantitative estimate of drug-likeness (QED) is 0.337. The fourth-order valence-electron chi connectivity index (χ4n) is 5.72. The Kier molecular flexibility index (Phi) is 5.14. The molecule has 6 rings (SSSR count). The average molecular weight is 484 g/mol. The molecule has 4 N–H and O–H groups in total. The molecule has 2 aliphatic rings. The molecule has 8 nitrogen and oxygen atoms in total. The first-order valence-corrected chi connectivity index (χ1v) is 12.4. The van der Waals surface area contributed by atoms with Crippen LogP contribution in [-0.2, 0) is 4.79 Å². The first-order valence-electron chi connectivity index (χ1n) is 12.4. The number of amides is 3. The van der Waals surface area contributed by atoms with Gasteiger partial charge in [-0.2, -0.15) is 0 Å². The maximum Gasteiger partial charge on any atom is 0.268 e. The molecule has 1 aliphatic heterocycles. The smallest absolute Gasteiger partial charge is 0.268 e. The molecular formula is C28H29N5O3. The number of fused-ring (bicyclic) bond motifs is 3. The Morgan fingerprint density at radius 1 is 1.11 bits per heavy atom. The summed E-state index contributed by atoms with van der Waals surface area (Å²) in [6.45, 7) is 4.92. The lowest BCUT2D eigenvalue weighted by Crippen LogP contribution is -2.50.